The summed E-state index contributed by atoms with van der Waals surface area (Å²) in [6, 6.07) is 9.92. The smallest absolute Gasteiger partial charge is 0.311 e. The van der Waals surface area contributed by atoms with E-state index in [1.54, 1.807) is 0 Å². The summed E-state index contributed by atoms with van der Waals surface area (Å²) < 4.78 is 10.9. The van der Waals surface area contributed by atoms with Gasteiger partial charge >= 0.3 is 5.97 Å². The van der Waals surface area contributed by atoms with Crippen molar-refractivity contribution in [3.8, 4) is 0 Å². The van der Waals surface area contributed by atoms with Gasteiger partial charge in [-0.3, -0.25) is 4.79 Å². The van der Waals surface area contributed by atoms with Crippen molar-refractivity contribution in [2.45, 2.75) is 32.0 Å². The van der Waals surface area contributed by atoms with Crippen LogP contribution in [0, 0.1) is 5.92 Å². The number of carbonyl (C=O) groups is 1. The highest BCUT2D eigenvalue weighted by atomic mass is 16.5. The standard InChI is InChI=1S/C16H20O3/c1-11(12-8-6-5-7-9-12)14-10-13(15(17)18-4)16(2,3)19-14/h5-9,13-14H,1,10H2,2-4H3/t13-,14-/m0/s1. The van der Waals surface area contributed by atoms with E-state index in [1.807, 2.05) is 44.2 Å². The second-order valence-electron chi connectivity index (χ2n) is 5.41. The van der Waals surface area contributed by atoms with Crippen molar-refractivity contribution < 1.29 is 14.3 Å². The fourth-order valence-corrected chi connectivity index (χ4v) is 2.57. The Balaban J connectivity index is 2.17. The molecule has 1 saturated heterocycles. The largest absolute Gasteiger partial charge is 0.469 e. The monoisotopic (exact) mass is 260 g/mol. The van der Waals surface area contributed by atoms with E-state index in [0.29, 0.717) is 6.42 Å². The summed E-state index contributed by atoms with van der Waals surface area (Å²) in [7, 11) is 1.41. The van der Waals surface area contributed by atoms with Crippen LogP contribution in [0.3, 0.4) is 0 Å². The molecule has 1 aliphatic heterocycles. The summed E-state index contributed by atoms with van der Waals surface area (Å²) >= 11 is 0. The van der Waals surface area contributed by atoms with Gasteiger partial charge in [0, 0.05) is 0 Å². The number of carbonyl (C=O) groups excluding carboxylic acids is 1. The van der Waals surface area contributed by atoms with Crippen molar-refractivity contribution in [2.24, 2.45) is 5.92 Å². The first-order valence-corrected chi connectivity index (χ1v) is 6.45. The number of esters is 1. The Hall–Kier alpha value is -1.61. The SMILES string of the molecule is C=C(c1ccccc1)[C@@H]1C[C@@H](C(=O)OC)C(C)(C)O1. The van der Waals surface area contributed by atoms with Crippen LogP contribution < -0.4 is 0 Å². The lowest BCUT2D eigenvalue weighted by Gasteiger charge is -2.24. The first-order valence-electron chi connectivity index (χ1n) is 6.45. The number of rotatable bonds is 3. The second kappa shape index (κ2) is 5.17. The molecular formula is C16H20O3. The molecule has 1 aromatic rings. The zero-order chi connectivity index (χ0) is 14.0. The van der Waals surface area contributed by atoms with Gasteiger partial charge in [0.15, 0.2) is 0 Å². The van der Waals surface area contributed by atoms with E-state index in [4.69, 9.17) is 9.47 Å². The molecule has 0 N–H and O–H groups in total. The summed E-state index contributed by atoms with van der Waals surface area (Å²) in [4.78, 5) is 11.8. The van der Waals surface area contributed by atoms with Gasteiger partial charge in [-0.05, 0) is 31.4 Å². The number of hydrogen-bond donors (Lipinski definition) is 0. The van der Waals surface area contributed by atoms with E-state index >= 15 is 0 Å². The fraction of sp³-hybridized carbons (Fsp3) is 0.438. The molecule has 1 fully saturated rings. The van der Waals surface area contributed by atoms with E-state index in [-0.39, 0.29) is 18.0 Å². The number of benzene rings is 1. The topological polar surface area (TPSA) is 35.5 Å². The molecule has 0 radical (unpaired) electrons. The molecule has 3 nitrogen and oxygen atoms in total. The highest BCUT2D eigenvalue weighted by Crippen LogP contribution is 2.41. The van der Waals surface area contributed by atoms with Gasteiger partial charge in [-0.15, -0.1) is 0 Å². The third-order valence-corrected chi connectivity index (χ3v) is 3.75. The van der Waals surface area contributed by atoms with Crippen molar-refractivity contribution in [1.29, 1.82) is 0 Å². The van der Waals surface area contributed by atoms with Crippen LogP contribution in [-0.2, 0) is 14.3 Å². The molecule has 0 bridgehead atoms. The molecule has 102 valence electrons. The first kappa shape index (κ1) is 13.8. The van der Waals surface area contributed by atoms with Gasteiger partial charge in [-0.25, -0.2) is 0 Å². The fourth-order valence-electron chi connectivity index (χ4n) is 2.57. The van der Waals surface area contributed by atoms with Crippen molar-refractivity contribution in [1.82, 2.24) is 0 Å². The van der Waals surface area contributed by atoms with Crippen LogP contribution in [-0.4, -0.2) is 24.8 Å². The second-order valence-corrected chi connectivity index (χ2v) is 5.41. The molecule has 1 aliphatic rings. The quantitative estimate of drug-likeness (QED) is 0.784. The van der Waals surface area contributed by atoms with E-state index < -0.39 is 5.60 Å². The van der Waals surface area contributed by atoms with E-state index in [2.05, 4.69) is 6.58 Å². The van der Waals surface area contributed by atoms with E-state index in [9.17, 15) is 4.79 Å². The summed E-state index contributed by atoms with van der Waals surface area (Å²) in [5.74, 6) is -0.462. The summed E-state index contributed by atoms with van der Waals surface area (Å²) in [5, 5.41) is 0. The van der Waals surface area contributed by atoms with Crippen molar-refractivity contribution in [3.05, 3.63) is 42.5 Å². The van der Waals surface area contributed by atoms with Gasteiger partial charge in [0.25, 0.3) is 0 Å². The average Bonchev–Trinajstić information content (AvgIpc) is 2.74. The Kier molecular flexibility index (Phi) is 3.76. The molecule has 1 heterocycles. The maximum absolute atomic E-state index is 11.8. The maximum Gasteiger partial charge on any atom is 0.311 e. The normalized spacial score (nSPS) is 25.0. The Morgan fingerprint density at radius 2 is 2.00 bits per heavy atom. The highest BCUT2D eigenvalue weighted by molar-refractivity contribution is 5.76. The minimum Gasteiger partial charge on any atom is -0.469 e. The lowest BCUT2D eigenvalue weighted by atomic mass is 9.88. The molecule has 3 heteroatoms. The molecule has 19 heavy (non-hydrogen) atoms. The Morgan fingerprint density at radius 1 is 1.37 bits per heavy atom. The molecular weight excluding hydrogens is 240 g/mol. The third-order valence-electron chi connectivity index (χ3n) is 3.75. The molecule has 2 atom stereocenters. The van der Waals surface area contributed by atoms with E-state index in [1.165, 1.54) is 7.11 Å². The molecule has 1 aromatic carbocycles. The predicted octanol–water partition coefficient (Wildman–Crippen LogP) is 3.06. The lowest BCUT2D eigenvalue weighted by Crippen LogP contribution is -2.34. The molecule has 0 amide bonds. The third kappa shape index (κ3) is 2.71. The van der Waals surface area contributed by atoms with Crippen LogP contribution >= 0.6 is 0 Å². The van der Waals surface area contributed by atoms with Gasteiger partial charge in [0.05, 0.1) is 24.7 Å². The minimum absolute atomic E-state index is 0.138. The number of methoxy groups -OCH3 is 1. The summed E-state index contributed by atoms with van der Waals surface area (Å²) in [6.45, 7) is 7.96. The minimum atomic E-state index is -0.518. The van der Waals surface area contributed by atoms with Gasteiger partial charge in [0.1, 0.15) is 0 Å². The highest BCUT2D eigenvalue weighted by Gasteiger charge is 2.47. The van der Waals surface area contributed by atoms with Crippen LogP contribution in [0.4, 0.5) is 0 Å². The van der Waals surface area contributed by atoms with Crippen molar-refractivity contribution in [2.75, 3.05) is 7.11 Å². The molecule has 0 aromatic heterocycles. The van der Waals surface area contributed by atoms with Crippen LogP contribution in [0.25, 0.3) is 5.57 Å². The predicted molar refractivity (Wildman–Crippen MR) is 74.6 cm³/mol. The average molecular weight is 260 g/mol. The van der Waals surface area contributed by atoms with Gasteiger partial charge in [-0.2, -0.15) is 0 Å². The molecule has 0 saturated carbocycles. The maximum atomic E-state index is 11.8. The van der Waals surface area contributed by atoms with E-state index in [0.717, 1.165) is 11.1 Å². The molecule has 0 unspecified atom stereocenters. The van der Waals surface area contributed by atoms with Crippen molar-refractivity contribution >= 4 is 11.5 Å². The zero-order valence-corrected chi connectivity index (χ0v) is 11.7. The molecule has 0 aliphatic carbocycles. The Labute approximate surface area is 114 Å². The zero-order valence-electron chi connectivity index (χ0n) is 11.7. The van der Waals surface area contributed by atoms with Crippen LogP contribution in [0.1, 0.15) is 25.8 Å². The molecule has 2 rings (SSSR count). The summed E-state index contributed by atoms with van der Waals surface area (Å²) in [5.41, 5.74) is 1.45. The lowest BCUT2D eigenvalue weighted by molar-refractivity contribution is -0.150. The number of hydrogen-bond acceptors (Lipinski definition) is 3. The summed E-state index contributed by atoms with van der Waals surface area (Å²) in [6.07, 6.45) is 0.481. The van der Waals surface area contributed by atoms with Crippen LogP contribution in [0.15, 0.2) is 36.9 Å². The van der Waals surface area contributed by atoms with Gasteiger partial charge in [0.2, 0.25) is 0 Å². The van der Waals surface area contributed by atoms with Gasteiger partial charge < -0.3 is 9.47 Å². The Bertz CT molecular complexity index is 476. The van der Waals surface area contributed by atoms with Crippen LogP contribution in [0.2, 0.25) is 0 Å². The van der Waals surface area contributed by atoms with Crippen molar-refractivity contribution in [3.63, 3.8) is 0 Å². The number of ether oxygens (including phenoxy) is 2. The Morgan fingerprint density at radius 3 is 2.58 bits per heavy atom. The molecule has 0 spiro atoms. The van der Waals surface area contributed by atoms with Gasteiger partial charge in [-0.1, -0.05) is 36.9 Å². The first-order chi connectivity index (χ1) is 8.95. The van der Waals surface area contributed by atoms with Crippen LogP contribution in [0.5, 0.6) is 0 Å².